The first-order chi connectivity index (χ1) is 9.67. The van der Waals surface area contributed by atoms with Gasteiger partial charge in [-0.3, -0.25) is 0 Å². The molecule has 2 aromatic heterocycles. The fourth-order valence-corrected chi connectivity index (χ4v) is 4.07. The first kappa shape index (κ1) is 13.5. The first-order valence-corrected chi connectivity index (χ1v) is 8.09. The predicted molar refractivity (Wildman–Crippen MR) is 85.9 cm³/mol. The van der Waals surface area contributed by atoms with Gasteiger partial charge < -0.3 is 14.6 Å². The van der Waals surface area contributed by atoms with E-state index in [0.29, 0.717) is 10.5 Å². The van der Waals surface area contributed by atoms with Gasteiger partial charge in [-0.1, -0.05) is 13.8 Å². The molecular weight excluding hydrogens is 270 g/mol. The molecule has 0 amide bonds. The van der Waals surface area contributed by atoms with Gasteiger partial charge in [0.05, 0.1) is 6.20 Å². The van der Waals surface area contributed by atoms with E-state index in [1.165, 1.54) is 0 Å². The molecular formula is C14H21N5S. The minimum Gasteiger partial charge on any atom is -0.369 e. The Morgan fingerprint density at radius 3 is 2.80 bits per heavy atom. The molecule has 3 heterocycles. The highest BCUT2D eigenvalue weighted by atomic mass is 32.2. The number of imidazole rings is 1. The second-order valence-electron chi connectivity index (χ2n) is 5.30. The summed E-state index contributed by atoms with van der Waals surface area (Å²) in [5, 5.41) is 4.55. The van der Waals surface area contributed by atoms with Crippen LogP contribution in [-0.4, -0.2) is 44.5 Å². The second-order valence-corrected chi connectivity index (χ2v) is 7.18. The standard InChI is InChI=1S/C14H21N5S/c1-4-15-12-9-18-6-5-16-13(18)14(17-12)19-7-10(2)20-11(3)8-19/h5-6,9-11,15H,4,7-8H2,1-3H3. The van der Waals surface area contributed by atoms with Crippen LogP contribution in [0.15, 0.2) is 18.6 Å². The van der Waals surface area contributed by atoms with Crippen LogP contribution in [0.25, 0.3) is 5.65 Å². The van der Waals surface area contributed by atoms with Crippen LogP contribution in [0.1, 0.15) is 20.8 Å². The molecule has 5 nitrogen and oxygen atoms in total. The van der Waals surface area contributed by atoms with Crippen molar-refractivity contribution >= 4 is 29.0 Å². The number of nitrogens with zero attached hydrogens (tertiary/aromatic N) is 4. The third-order valence-electron chi connectivity index (χ3n) is 3.43. The lowest BCUT2D eigenvalue weighted by atomic mass is 10.3. The van der Waals surface area contributed by atoms with E-state index in [1.54, 1.807) is 0 Å². The van der Waals surface area contributed by atoms with Gasteiger partial charge >= 0.3 is 0 Å². The summed E-state index contributed by atoms with van der Waals surface area (Å²) >= 11 is 2.05. The molecule has 1 aliphatic heterocycles. The van der Waals surface area contributed by atoms with Crippen molar-refractivity contribution in [2.45, 2.75) is 31.3 Å². The van der Waals surface area contributed by atoms with Gasteiger partial charge in [-0.25, -0.2) is 9.97 Å². The van der Waals surface area contributed by atoms with E-state index in [2.05, 4.69) is 40.4 Å². The number of fused-ring (bicyclic) bond motifs is 1. The van der Waals surface area contributed by atoms with Crippen LogP contribution in [-0.2, 0) is 0 Å². The fourth-order valence-electron chi connectivity index (χ4n) is 2.74. The smallest absolute Gasteiger partial charge is 0.180 e. The summed E-state index contributed by atoms with van der Waals surface area (Å²) in [6.45, 7) is 9.57. The molecule has 0 bridgehead atoms. The van der Waals surface area contributed by atoms with Crippen LogP contribution < -0.4 is 10.2 Å². The maximum Gasteiger partial charge on any atom is 0.180 e. The van der Waals surface area contributed by atoms with Gasteiger partial charge in [0.25, 0.3) is 0 Å². The molecule has 0 aliphatic carbocycles. The zero-order chi connectivity index (χ0) is 14.1. The van der Waals surface area contributed by atoms with E-state index in [-0.39, 0.29) is 0 Å². The summed E-state index contributed by atoms with van der Waals surface area (Å²) in [6, 6.07) is 0. The van der Waals surface area contributed by atoms with Gasteiger partial charge in [0.15, 0.2) is 11.5 Å². The molecule has 20 heavy (non-hydrogen) atoms. The highest BCUT2D eigenvalue weighted by Crippen LogP contribution is 2.30. The number of thioether (sulfide) groups is 1. The molecule has 0 radical (unpaired) electrons. The average molecular weight is 291 g/mol. The van der Waals surface area contributed by atoms with Crippen molar-refractivity contribution in [3.8, 4) is 0 Å². The number of anilines is 2. The Labute approximate surface area is 123 Å². The Morgan fingerprint density at radius 1 is 1.35 bits per heavy atom. The second kappa shape index (κ2) is 5.52. The molecule has 0 saturated carbocycles. The van der Waals surface area contributed by atoms with Gasteiger partial charge in [0, 0.05) is 42.5 Å². The van der Waals surface area contributed by atoms with Gasteiger partial charge in [-0.2, -0.15) is 11.8 Å². The van der Waals surface area contributed by atoms with E-state index < -0.39 is 0 Å². The van der Waals surface area contributed by atoms with Crippen molar-refractivity contribution in [1.29, 1.82) is 0 Å². The monoisotopic (exact) mass is 291 g/mol. The molecule has 1 fully saturated rings. The van der Waals surface area contributed by atoms with Crippen molar-refractivity contribution in [1.82, 2.24) is 14.4 Å². The Balaban J connectivity index is 2.02. The minimum absolute atomic E-state index is 0.623. The SMILES string of the molecule is CCNc1cn2ccnc2c(N2CC(C)SC(C)C2)n1. The number of aromatic nitrogens is 3. The van der Waals surface area contributed by atoms with Crippen LogP contribution in [0.2, 0.25) is 0 Å². The quantitative estimate of drug-likeness (QED) is 0.941. The maximum absolute atomic E-state index is 4.78. The van der Waals surface area contributed by atoms with Crippen molar-refractivity contribution in [2.75, 3.05) is 29.9 Å². The van der Waals surface area contributed by atoms with Gasteiger partial charge in [0.2, 0.25) is 0 Å². The Kier molecular flexibility index (Phi) is 3.74. The lowest BCUT2D eigenvalue weighted by Crippen LogP contribution is -2.41. The van der Waals surface area contributed by atoms with Crippen molar-refractivity contribution in [2.24, 2.45) is 0 Å². The lowest BCUT2D eigenvalue weighted by Gasteiger charge is -2.35. The number of hydrogen-bond donors (Lipinski definition) is 1. The molecule has 108 valence electrons. The Morgan fingerprint density at radius 2 is 2.10 bits per heavy atom. The summed E-state index contributed by atoms with van der Waals surface area (Å²) in [6.07, 6.45) is 5.82. The predicted octanol–water partition coefficient (Wildman–Crippen LogP) is 2.49. The Hall–Kier alpha value is -1.43. The van der Waals surface area contributed by atoms with Crippen LogP contribution in [0.3, 0.4) is 0 Å². The molecule has 2 unspecified atom stereocenters. The Bertz CT molecular complexity index is 586. The van der Waals surface area contributed by atoms with Crippen LogP contribution in [0, 0.1) is 0 Å². The molecule has 0 aromatic carbocycles. The van der Waals surface area contributed by atoms with E-state index in [4.69, 9.17) is 4.98 Å². The van der Waals surface area contributed by atoms with E-state index in [0.717, 1.165) is 36.9 Å². The zero-order valence-electron chi connectivity index (χ0n) is 12.2. The first-order valence-electron chi connectivity index (χ1n) is 7.15. The van der Waals surface area contributed by atoms with E-state index >= 15 is 0 Å². The van der Waals surface area contributed by atoms with Gasteiger partial charge in [-0.05, 0) is 6.92 Å². The average Bonchev–Trinajstić information content (AvgIpc) is 2.85. The molecule has 6 heteroatoms. The summed E-state index contributed by atoms with van der Waals surface area (Å²) in [5.41, 5.74) is 0.943. The van der Waals surface area contributed by atoms with Crippen molar-refractivity contribution < 1.29 is 0 Å². The van der Waals surface area contributed by atoms with Crippen molar-refractivity contribution in [3.05, 3.63) is 18.6 Å². The molecule has 1 saturated heterocycles. The highest BCUT2D eigenvalue weighted by molar-refractivity contribution is 8.00. The molecule has 0 spiro atoms. The lowest BCUT2D eigenvalue weighted by molar-refractivity contribution is 0.718. The zero-order valence-corrected chi connectivity index (χ0v) is 13.0. The fraction of sp³-hybridized carbons (Fsp3) is 0.571. The molecule has 3 rings (SSSR count). The van der Waals surface area contributed by atoms with E-state index in [1.807, 2.05) is 30.4 Å². The summed E-state index contributed by atoms with van der Waals surface area (Å²) in [4.78, 5) is 11.6. The summed E-state index contributed by atoms with van der Waals surface area (Å²) in [7, 11) is 0. The summed E-state index contributed by atoms with van der Waals surface area (Å²) in [5.74, 6) is 1.90. The van der Waals surface area contributed by atoms with E-state index in [9.17, 15) is 0 Å². The van der Waals surface area contributed by atoms with Crippen LogP contribution >= 0.6 is 11.8 Å². The maximum atomic E-state index is 4.78. The third kappa shape index (κ3) is 2.57. The van der Waals surface area contributed by atoms with Gasteiger partial charge in [-0.15, -0.1) is 0 Å². The third-order valence-corrected chi connectivity index (χ3v) is 4.66. The number of rotatable bonds is 3. The topological polar surface area (TPSA) is 45.5 Å². The largest absolute Gasteiger partial charge is 0.369 e. The minimum atomic E-state index is 0.623. The number of hydrogen-bond acceptors (Lipinski definition) is 5. The van der Waals surface area contributed by atoms with Crippen molar-refractivity contribution in [3.63, 3.8) is 0 Å². The summed E-state index contributed by atoms with van der Waals surface area (Å²) < 4.78 is 2.05. The van der Waals surface area contributed by atoms with Gasteiger partial charge in [0.1, 0.15) is 5.82 Å². The molecule has 2 aromatic rings. The highest BCUT2D eigenvalue weighted by Gasteiger charge is 2.25. The van der Waals surface area contributed by atoms with Crippen LogP contribution in [0.4, 0.5) is 11.6 Å². The molecule has 2 atom stereocenters. The normalized spacial score (nSPS) is 23.2. The number of nitrogens with one attached hydrogen (secondary N) is 1. The van der Waals surface area contributed by atoms with Crippen LogP contribution in [0.5, 0.6) is 0 Å². The molecule has 1 aliphatic rings. The molecule has 1 N–H and O–H groups in total.